The maximum atomic E-state index is 11.1. The largest absolute Gasteiger partial charge is 0.466 e. The second-order valence-electron chi connectivity index (χ2n) is 10.3. The highest BCUT2D eigenvalue weighted by Gasteiger charge is 1.98. The molecule has 0 amide bonds. The number of rotatable bonds is 27. The van der Waals surface area contributed by atoms with Crippen LogP contribution in [0.4, 0.5) is 0 Å². The number of hydrogen-bond donors (Lipinski definition) is 1. The number of aliphatic hydroxyl groups excluding tert-OH is 1. The maximum absolute atomic E-state index is 11.1. The molecule has 252 valence electrons. The Labute approximate surface area is 278 Å². The van der Waals surface area contributed by atoms with Gasteiger partial charge in [0.2, 0.25) is 0 Å². The van der Waals surface area contributed by atoms with Crippen LogP contribution in [-0.4, -0.2) is 24.3 Å². The molecule has 0 aliphatic heterocycles. The summed E-state index contributed by atoms with van der Waals surface area (Å²) in [7, 11) is 0. The van der Waals surface area contributed by atoms with Gasteiger partial charge in [0.15, 0.2) is 0 Å². The molecule has 0 saturated heterocycles. The fraction of sp³-hybridized carbons (Fsp3) is 0.500. The summed E-state index contributed by atoms with van der Waals surface area (Å²) in [5.41, 5.74) is 0. The first-order valence-corrected chi connectivity index (χ1v) is 17.5. The van der Waals surface area contributed by atoms with Gasteiger partial charge in [-0.15, -0.1) is 0 Å². The van der Waals surface area contributed by atoms with Crippen molar-refractivity contribution in [2.24, 2.45) is 0 Å². The van der Waals surface area contributed by atoms with Crippen molar-refractivity contribution in [2.45, 2.75) is 124 Å². The molecule has 1 N–H and O–H groups in total. The van der Waals surface area contributed by atoms with Crippen LogP contribution < -0.4 is 0 Å². The van der Waals surface area contributed by atoms with E-state index in [1.54, 1.807) is 0 Å². The average molecular weight is 619 g/mol. The molecular weight excluding hydrogens is 552 g/mol. The van der Waals surface area contributed by atoms with E-state index in [0.29, 0.717) is 19.6 Å². The van der Waals surface area contributed by atoms with Crippen molar-refractivity contribution in [1.29, 1.82) is 0 Å². The number of carbonyl (C=O) groups excluding carboxylic acids is 1. The first-order valence-electron chi connectivity index (χ1n) is 17.5. The van der Waals surface area contributed by atoms with E-state index in [4.69, 9.17) is 9.84 Å². The number of carbonyl (C=O) groups is 1. The molecule has 0 saturated carbocycles. The van der Waals surface area contributed by atoms with Crippen LogP contribution in [0.15, 0.2) is 122 Å². The van der Waals surface area contributed by atoms with Crippen LogP contribution in [-0.2, 0) is 9.53 Å². The molecule has 0 aromatic heterocycles. The lowest BCUT2D eigenvalue weighted by Gasteiger charge is -1.98. The van der Waals surface area contributed by atoms with Crippen LogP contribution in [0.1, 0.15) is 124 Å². The lowest BCUT2D eigenvalue weighted by molar-refractivity contribution is -0.143. The third-order valence-electron chi connectivity index (χ3n) is 6.15. The number of ether oxygens (including phenoxy) is 1. The molecule has 0 heterocycles. The van der Waals surface area contributed by atoms with E-state index in [9.17, 15) is 4.79 Å². The van der Waals surface area contributed by atoms with Gasteiger partial charge < -0.3 is 9.84 Å². The third-order valence-corrected chi connectivity index (χ3v) is 6.15. The second kappa shape index (κ2) is 43.0. The minimum absolute atomic E-state index is 0.0927. The molecule has 0 aromatic rings. The average Bonchev–Trinajstić information content (AvgIpc) is 3.04. The first-order chi connectivity index (χ1) is 22.2. The zero-order valence-electron chi connectivity index (χ0n) is 29.0. The monoisotopic (exact) mass is 619 g/mol. The normalized spacial score (nSPS) is 12.8. The van der Waals surface area contributed by atoms with Gasteiger partial charge in [0.05, 0.1) is 6.61 Å². The number of allylic oxidation sites excluding steroid dienone is 20. The van der Waals surface area contributed by atoms with Gasteiger partial charge in [0.1, 0.15) is 0 Å². The van der Waals surface area contributed by atoms with E-state index in [2.05, 4.69) is 135 Å². The number of aliphatic hydroxyl groups is 1. The van der Waals surface area contributed by atoms with E-state index in [-0.39, 0.29) is 5.97 Å². The number of unbranched alkanes of at least 4 members (excludes halogenated alkanes) is 3. The molecule has 0 atom stereocenters. The Balaban J connectivity index is 0. The summed E-state index contributed by atoms with van der Waals surface area (Å²) in [6.45, 7) is 6.93. The summed E-state index contributed by atoms with van der Waals surface area (Å²) in [6.07, 6.45) is 59.7. The summed E-state index contributed by atoms with van der Waals surface area (Å²) < 4.78 is 4.88. The summed E-state index contributed by atoms with van der Waals surface area (Å²) in [6, 6.07) is 0. The predicted molar refractivity (Wildman–Crippen MR) is 200 cm³/mol. The quantitative estimate of drug-likeness (QED) is 0.0566. The Hall–Kier alpha value is -3.17. The molecule has 3 nitrogen and oxygen atoms in total. The molecule has 3 heteroatoms. The van der Waals surface area contributed by atoms with Crippen LogP contribution in [0.2, 0.25) is 0 Å². The lowest BCUT2D eigenvalue weighted by atomic mass is 10.2. The molecule has 0 aliphatic rings. The van der Waals surface area contributed by atoms with E-state index in [1.807, 2.05) is 6.92 Å². The minimum Gasteiger partial charge on any atom is -0.466 e. The third kappa shape index (κ3) is 45.4. The highest BCUT2D eigenvalue weighted by Crippen LogP contribution is 2.01. The van der Waals surface area contributed by atoms with Crippen molar-refractivity contribution in [1.82, 2.24) is 0 Å². The van der Waals surface area contributed by atoms with E-state index in [1.165, 1.54) is 0 Å². The Morgan fingerprint density at radius 2 is 0.756 bits per heavy atom. The van der Waals surface area contributed by atoms with Gasteiger partial charge in [-0.25, -0.2) is 0 Å². The van der Waals surface area contributed by atoms with Crippen LogP contribution in [0, 0.1) is 0 Å². The predicted octanol–water partition coefficient (Wildman–Crippen LogP) is 12.4. The summed E-state index contributed by atoms with van der Waals surface area (Å²) in [5.74, 6) is -0.0927. The van der Waals surface area contributed by atoms with E-state index >= 15 is 0 Å². The standard InChI is InChI=1S/C22H34O2.C20H32O/c1-3-5-6-7-8-9-10-11-12-13-14-15-16-17-18-19-20-21-22(23)24-4-2;1-2-3-4-5-6-7-8-9-10-11-12-13-14-15-16-17-18-19-20-21/h5-6,8-9,11-12,14-15,17-18H,3-4,7,10,13,16,19-21H2,1-2H3;3-4,6-7,9-10,12-13,15-16,21H,2,5,8,11,14,17-20H2,1H3/b6-5-,9-8-,12-11-,15-14-,18-17-;4-3-,7-6-,10-9-,13-12-,16-15-. The molecule has 0 unspecified atom stereocenters. The lowest BCUT2D eigenvalue weighted by Crippen LogP contribution is -2.02. The van der Waals surface area contributed by atoms with Gasteiger partial charge in [-0.05, 0) is 103 Å². The molecular formula is C42H66O3. The number of hydrogen-bond acceptors (Lipinski definition) is 3. The Kier molecular flexibility index (Phi) is 42.0. The topological polar surface area (TPSA) is 46.5 Å². The Morgan fingerprint density at radius 3 is 1.07 bits per heavy atom. The number of esters is 1. The fourth-order valence-corrected chi connectivity index (χ4v) is 3.71. The molecule has 0 spiro atoms. The first kappa shape index (κ1) is 44.0. The highest BCUT2D eigenvalue weighted by atomic mass is 16.5. The van der Waals surface area contributed by atoms with Crippen molar-refractivity contribution < 1.29 is 14.6 Å². The molecule has 0 rings (SSSR count). The molecule has 0 aliphatic carbocycles. The van der Waals surface area contributed by atoms with Gasteiger partial charge in [-0.2, -0.15) is 0 Å². The van der Waals surface area contributed by atoms with Crippen molar-refractivity contribution in [3.05, 3.63) is 122 Å². The van der Waals surface area contributed by atoms with Crippen molar-refractivity contribution in [3.63, 3.8) is 0 Å². The van der Waals surface area contributed by atoms with Crippen molar-refractivity contribution in [3.8, 4) is 0 Å². The van der Waals surface area contributed by atoms with Crippen LogP contribution in [0.5, 0.6) is 0 Å². The zero-order chi connectivity index (χ0) is 33.2. The van der Waals surface area contributed by atoms with Crippen LogP contribution in [0.25, 0.3) is 0 Å². The summed E-state index contributed by atoms with van der Waals surface area (Å²) >= 11 is 0. The Bertz CT molecular complexity index is 906. The summed E-state index contributed by atoms with van der Waals surface area (Å²) in [5, 5.41) is 8.64. The van der Waals surface area contributed by atoms with E-state index < -0.39 is 0 Å². The van der Waals surface area contributed by atoms with Gasteiger partial charge in [0.25, 0.3) is 0 Å². The van der Waals surface area contributed by atoms with Gasteiger partial charge in [-0.1, -0.05) is 135 Å². The maximum Gasteiger partial charge on any atom is 0.305 e. The second-order valence-corrected chi connectivity index (χ2v) is 10.3. The fourth-order valence-electron chi connectivity index (χ4n) is 3.71. The molecule has 0 fully saturated rings. The molecule has 0 aromatic carbocycles. The molecule has 0 bridgehead atoms. The van der Waals surface area contributed by atoms with Gasteiger partial charge >= 0.3 is 5.97 Å². The Morgan fingerprint density at radius 1 is 0.444 bits per heavy atom. The highest BCUT2D eigenvalue weighted by molar-refractivity contribution is 5.69. The van der Waals surface area contributed by atoms with Gasteiger partial charge in [-0.3, -0.25) is 4.79 Å². The SMILES string of the molecule is CC/C=C\C/C=C\C/C=C\C/C=C\C/C=C\CCCC(=O)OCC.CC/C=C\C/C=C\C/C=C\C/C=C\C/C=C\CCCCO. The molecule has 0 radical (unpaired) electrons. The van der Waals surface area contributed by atoms with Crippen LogP contribution >= 0.6 is 0 Å². The summed E-state index contributed by atoms with van der Waals surface area (Å²) in [4.78, 5) is 11.1. The van der Waals surface area contributed by atoms with Crippen LogP contribution in [0.3, 0.4) is 0 Å². The van der Waals surface area contributed by atoms with Crippen molar-refractivity contribution >= 4 is 5.97 Å². The smallest absolute Gasteiger partial charge is 0.305 e. The van der Waals surface area contributed by atoms with E-state index in [0.717, 1.165) is 96.3 Å². The molecule has 45 heavy (non-hydrogen) atoms. The van der Waals surface area contributed by atoms with Gasteiger partial charge in [0, 0.05) is 13.0 Å². The zero-order valence-corrected chi connectivity index (χ0v) is 29.0. The minimum atomic E-state index is -0.0927. The van der Waals surface area contributed by atoms with Crippen molar-refractivity contribution in [2.75, 3.05) is 13.2 Å².